The summed E-state index contributed by atoms with van der Waals surface area (Å²) in [6.45, 7) is 2.20. The van der Waals surface area contributed by atoms with E-state index in [1.165, 1.54) is 6.08 Å². The van der Waals surface area contributed by atoms with Crippen LogP contribution in [0.5, 0.6) is 5.75 Å². The molecule has 4 amide bonds. The summed E-state index contributed by atoms with van der Waals surface area (Å²) in [6, 6.07) is 19.5. The van der Waals surface area contributed by atoms with Crippen molar-refractivity contribution in [3.63, 3.8) is 0 Å². The van der Waals surface area contributed by atoms with Crippen LogP contribution < -0.4 is 15.0 Å². The van der Waals surface area contributed by atoms with E-state index in [4.69, 9.17) is 4.74 Å². The van der Waals surface area contributed by atoms with Crippen LogP contribution in [0.3, 0.4) is 0 Å². The van der Waals surface area contributed by atoms with Crippen molar-refractivity contribution in [1.29, 1.82) is 0 Å². The maximum atomic E-state index is 13.1. The molecule has 1 aliphatic heterocycles. The van der Waals surface area contributed by atoms with Crippen molar-refractivity contribution in [1.82, 2.24) is 5.32 Å². The van der Waals surface area contributed by atoms with Crippen LogP contribution in [0.2, 0.25) is 0 Å². The van der Waals surface area contributed by atoms with E-state index in [2.05, 4.69) is 43.8 Å². The average Bonchev–Trinajstić information content (AvgIpc) is 2.78. The Kier molecular flexibility index (Phi) is 6.94. The highest BCUT2D eigenvalue weighted by molar-refractivity contribution is 14.1. The number of anilines is 1. The van der Waals surface area contributed by atoms with E-state index in [9.17, 15) is 14.4 Å². The second-order valence-corrected chi connectivity index (χ2v) is 9.45. The number of benzene rings is 3. The Hall–Kier alpha value is -2.98. The average molecular weight is 617 g/mol. The lowest BCUT2D eigenvalue weighted by Crippen LogP contribution is -2.54. The monoisotopic (exact) mass is 616 g/mol. The molecule has 3 aromatic carbocycles. The molecule has 1 N–H and O–H groups in total. The number of carbonyl (C=O) groups is 3. The number of urea groups is 1. The third kappa shape index (κ3) is 5.17. The fourth-order valence-electron chi connectivity index (χ4n) is 3.32. The number of para-hydroxylation sites is 1. The van der Waals surface area contributed by atoms with E-state index in [1.807, 2.05) is 30.3 Å². The lowest BCUT2D eigenvalue weighted by atomic mass is 10.1. The van der Waals surface area contributed by atoms with E-state index >= 15 is 0 Å². The number of imide groups is 2. The van der Waals surface area contributed by atoms with Crippen LogP contribution in [-0.2, 0) is 16.2 Å². The number of halogens is 2. The van der Waals surface area contributed by atoms with Crippen LogP contribution in [-0.4, -0.2) is 17.8 Å². The molecule has 0 radical (unpaired) electrons. The number of nitrogens with one attached hydrogen (secondary N) is 1. The number of barbiturate groups is 1. The Morgan fingerprint density at radius 1 is 1.03 bits per heavy atom. The first-order chi connectivity index (χ1) is 15.8. The zero-order valence-corrected chi connectivity index (χ0v) is 21.2. The Bertz CT molecular complexity index is 1290. The molecule has 0 atom stereocenters. The highest BCUT2D eigenvalue weighted by Crippen LogP contribution is 2.29. The Morgan fingerprint density at radius 3 is 2.45 bits per heavy atom. The number of ether oxygens (including phenoxy) is 1. The molecule has 1 heterocycles. The molecule has 0 aromatic heterocycles. The first-order valence-electron chi connectivity index (χ1n) is 9.97. The van der Waals surface area contributed by atoms with Gasteiger partial charge in [-0.1, -0.05) is 36.4 Å². The summed E-state index contributed by atoms with van der Waals surface area (Å²) in [5.41, 5.74) is 2.70. The van der Waals surface area contributed by atoms with E-state index in [-0.39, 0.29) is 5.57 Å². The quantitative estimate of drug-likeness (QED) is 0.230. The van der Waals surface area contributed by atoms with E-state index < -0.39 is 17.8 Å². The molecule has 0 spiro atoms. The molecule has 0 aliphatic carbocycles. The van der Waals surface area contributed by atoms with Gasteiger partial charge in [0.05, 0.1) is 10.2 Å². The van der Waals surface area contributed by atoms with Crippen LogP contribution in [0.25, 0.3) is 6.08 Å². The van der Waals surface area contributed by atoms with Crippen molar-refractivity contribution in [2.45, 2.75) is 13.5 Å². The second-order valence-electron chi connectivity index (χ2n) is 7.35. The molecular weight excluding hydrogens is 599 g/mol. The van der Waals surface area contributed by atoms with Crippen molar-refractivity contribution >= 4 is 68.1 Å². The molecular formula is C25H18BrIN2O4. The molecule has 0 saturated carbocycles. The fourth-order valence-corrected chi connectivity index (χ4v) is 4.19. The standard InChI is InChI=1S/C25H18BrIN2O4/c1-15-4-2-3-5-21(15)29-24(31)19(23(30)28-25(29)32)12-17-8-11-22(20(26)13-17)33-14-16-6-9-18(27)10-7-16/h2-13H,14H2,1H3,(H,28,30,32)/b19-12+. The van der Waals surface area contributed by atoms with Gasteiger partial charge in [0.2, 0.25) is 0 Å². The van der Waals surface area contributed by atoms with Gasteiger partial charge in [-0.15, -0.1) is 0 Å². The van der Waals surface area contributed by atoms with Crippen molar-refractivity contribution in [3.8, 4) is 5.75 Å². The molecule has 1 saturated heterocycles. The minimum atomic E-state index is -0.767. The predicted molar refractivity (Wildman–Crippen MR) is 138 cm³/mol. The number of nitrogens with zero attached hydrogens (tertiary/aromatic N) is 1. The highest BCUT2D eigenvalue weighted by atomic mass is 127. The van der Waals surface area contributed by atoms with Gasteiger partial charge in [-0.2, -0.15) is 0 Å². The third-order valence-electron chi connectivity index (χ3n) is 5.03. The van der Waals surface area contributed by atoms with E-state index in [0.717, 1.165) is 19.6 Å². The number of hydrogen-bond donors (Lipinski definition) is 1. The van der Waals surface area contributed by atoms with Crippen LogP contribution in [0, 0.1) is 10.5 Å². The van der Waals surface area contributed by atoms with Gasteiger partial charge < -0.3 is 4.74 Å². The van der Waals surface area contributed by atoms with Crippen LogP contribution in [0.1, 0.15) is 16.7 Å². The topological polar surface area (TPSA) is 75.7 Å². The largest absolute Gasteiger partial charge is 0.488 e. The Morgan fingerprint density at radius 2 is 1.76 bits per heavy atom. The maximum absolute atomic E-state index is 13.1. The second kappa shape index (κ2) is 9.88. The fraction of sp³-hybridized carbons (Fsp3) is 0.0800. The normalized spacial score (nSPS) is 15.1. The zero-order valence-electron chi connectivity index (χ0n) is 17.5. The van der Waals surface area contributed by atoms with Crippen LogP contribution in [0.15, 0.2) is 76.8 Å². The minimum Gasteiger partial charge on any atom is -0.488 e. The molecule has 33 heavy (non-hydrogen) atoms. The van der Waals surface area contributed by atoms with Gasteiger partial charge in [0.15, 0.2) is 0 Å². The predicted octanol–water partition coefficient (Wildman–Crippen LogP) is 5.61. The van der Waals surface area contributed by atoms with Crippen LogP contribution >= 0.6 is 38.5 Å². The van der Waals surface area contributed by atoms with Gasteiger partial charge in [0.1, 0.15) is 17.9 Å². The number of amides is 4. The zero-order chi connectivity index (χ0) is 23.5. The summed E-state index contributed by atoms with van der Waals surface area (Å²) in [5.74, 6) is -0.773. The van der Waals surface area contributed by atoms with Crippen molar-refractivity contribution in [2.75, 3.05) is 4.90 Å². The minimum absolute atomic E-state index is 0.127. The number of aryl methyl sites for hydroxylation is 1. The molecule has 0 bridgehead atoms. The highest BCUT2D eigenvalue weighted by Gasteiger charge is 2.37. The maximum Gasteiger partial charge on any atom is 0.335 e. The molecule has 6 nitrogen and oxygen atoms in total. The molecule has 3 aromatic rings. The van der Waals surface area contributed by atoms with Gasteiger partial charge in [0, 0.05) is 3.57 Å². The number of hydrogen-bond acceptors (Lipinski definition) is 4. The van der Waals surface area contributed by atoms with Gasteiger partial charge in [-0.05, 0) is 98.5 Å². The van der Waals surface area contributed by atoms with Gasteiger partial charge in [-0.25, -0.2) is 9.69 Å². The van der Waals surface area contributed by atoms with Gasteiger partial charge in [0.25, 0.3) is 11.8 Å². The first kappa shape index (κ1) is 23.2. The van der Waals surface area contributed by atoms with Crippen LogP contribution in [0.4, 0.5) is 10.5 Å². The lowest BCUT2D eigenvalue weighted by molar-refractivity contribution is -0.122. The molecule has 4 rings (SSSR count). The third-order valence-corrected chi connectivity index (χ3v) is 6.37. The Balaban J connectivity index is 1.57. The summed E-state index contributed by atoms with van der Waals surface area (Å²) in [4.78, 5) is 38.9. The summed E-state index contributed by atoms with van der Waals surface area (Å²) in [5, 5.41) is 2.25. The molecule has 0 unspecified atom stereocenters. The number of carbonyl (C=O) groups excluding carboxylic acids is 3. The Labute approximate surface area is 212 Å². The molecule has 1 aliphatic rings. The summed E-state index contributed by atoms with van der Waals surface area (Å²) >= 11 is 5.74. The number of rotatable bonds is 5. The summed E-state index contributed by atoms with van der Waals surface area (Å²) < 4.78 is 7.71. The molecule has 8 heteroatoms. The van der Waals surface area contributed by atoms with Crippen molar-refractivity contribution < 1.29 is 19.1 Å². The molecule has 1 fully saturated rings. The van der Waals surface area contributed by atoms with E-state index in [1.54, 1.807) is 43.3 Å². The van der Waals surface area contributed by atoms with E-state index in [0.29, 0.717) is 28.1 Å². The van der Waals surface area contributed by atoms with Gasteiger partial charge >= 0.3 is 6.03 Å². The van der Waals surface area contributed by atoms with Crippen molar-refractivity contribution in [2.24, 2.45) is 0 Å². The summed E-state index contributed by atoms with van der Waals surface area (Å²) in [7, 11) is 0. The first-order valence-corrected chi connectivity index (χ1v) is 11.8. The smallest absolute Gasteiger partial charge is 0.335 e. The van der Waals surface area contributed by atoms with Gasteiger partial charge in [-0.3, -0.25) is 14.9 Å². The van der Waals surface area contributed by atoms with Crippen molar-refractivity contribution in [3.05, 3.63) is 97.0 Å². The SMILES string of the molecule is Cc1ccccc1N1C(=O)NC(=O)/C(=C\c2ccc(OCc3ccc(I)cc3)c(Br)c2)C1=O. The summed E-state index contributed by atoms with van der Waals surface area (Å²) in [6.07, 6.45) is 1.46. The lowest BCUT2D eigenvalue weighted by Gasteiger charge is -2.27. The molecule has 166 valence electrons.